The first-order valence-corrected chi connectivity index (χ1v) is 4.26. The molecule has 0 bridgehead atoms. The van der Waals surface area contributed by atoms with E-state index in [0.717, 1.165) is 11.9 Å². The van der Waals surface area contributed by atoms with E-state index in [9.17, 15) is 10.1 Å². The van der Waals surface area contributed by atoms with Crippen LogP contribution in [0.3, 0.4) is 0 Å². The molecule has 1 rings (SSSR count). The molecule has 1 aromatic carbocycles. The lowest BCUT2D eigenvalue weighted by molar-refractivity contribution is -0.388. The third kappa shape index (κ3) is 1.90. The molecule has 0 aromatic heterocycles. The molecule has 0 spiro atoms. The molecule has 0 amide bonds. The van der Waals surface area contributed by atoms with Gasteiger partial charge in [0.2, 0.25) is 0 Å². The SMILES string of the molecule is COc1cccc(SN)c1[N+](=O)[O-]. The number of hydrogen-bond acceptors (Lipinski definition) is 5. The van der Waals surface area contributed by atoms with E-state index in [1.54, 1.807) is 12.1 Å². The van der Waals surface area contributed by atoms with Gasteiger partial charge in [-0.3, -0.25) is 15.3 Å². The highest BCUT2D eigenvalue weighted by atomic mass is 32.2. The van der Waals surface area contributed by atoms with Crippen molar-refractivity contribution >= 4 is 17.6 Å². The Morgan fingerprint density at radius 2 is 2.31 bits per heavy atom. The number of benzene rings is 1. The largest absolute Gasteiger partial charge is 0.490 e. The molecule has 0 heterocycles. The molecule has 1 aromatic rings. The van der Waals surface area contributed by atoms with Crippen LogP contribution in [0.1, 0.15) is 0 Å². The first-order chi connectivity index (χ1) is 6.20. The zero-order valence-corrected chi connectivity index (χ0v) is 7.71. The zero-order valence-electron chi connectivity index (χ0n) is 6.89. The van der Waals surface area contributed by atoms with Gasteiger partial charge in [-0.2, -0.15) is 0 Å². The standard InChI is InChI=1S/C7H8N2O3S/c1-12-5-3-2-4-6(13-8)7(5)9(10)11/h2-4H,8H2,1H3. The van der Waals surface area contributed by atoms with Crippen molar-refractivity contribution in [2.75, 3.05) is 7.11 Å². The Hall–Kier alpha value is -1.27. The van der Waals surface area contributed by atoms with Crippen LogP contribution < -0.4 is 9.88 Å². The van der Waals surface area contributed by atoms with Crippen LogP contribution in [0.15, 0.2) is 23.1 Å². The minimum absolute atomic E-state index is 0.0856. The van der Waals surface area contributed by atoms with Crippen LogP contribution in [0.25, 0.3) is 0 Å². The molecule has 0 aliphatic rings. The fourth-order valence-corrected chi connectivity index (χ4v) is 1.39. The maximum atomic E-state index is 10.6. The molecular formula is C7H8N2O3S. The molecule has 2 N–H and O–H groups in total. The molecule has 0 saturated heterocycles. The fraction of sp³-hybridized carbons (Fsp3) is 0.143. The van der Waals surface area contributed by atoms with Gasteiger partial charge < -0.3 is 4.74 Å². The number of methoxy groups -OCH3 is 1. The molecule has 5 nitrogen and oxygen atoms in total. The van der Waals surface area contributed by atoms with Gasteiger partial charge in [-0.05, 0) is 24.1 Å². The molecule has 13 heavy (non-hydrogen) atoms. The Labute approximate surface area is 79.2 Å². The fourth-order valence-electron chi connectivity index (χ4n) is 0.942. The second-order valence-corrected chi connectivity index (χ2v) is 2.86. The maximum absolute atomic E-state index is 10.6. The molecule has 70 valence electrons. The van der Waals surface area contributed by atoms with Crippen LogP contribution in [-0.2, 0) is 0 Å². The zero-order chi connectivity index (χ0) is 9.84. The average molecular weight is 200 g/mol. The van der Waals surface area contributed by atoms with E-state index in [4.69, 9.17) is 9.88 Å². The first kappa shape index (κ1) is 9.82. The van der Waals surface area contributed by atoms with E-state index in [1.807, 2.05) is 0 Å². The Balaban J connectivity index is 3.29. The van der Waals surface area contributed by atoms with Crippen LogP contribution in [0, 0.1) is 10.1 Å². The number of para-hydroxylation sites is 1. The Bertz CT molecular complexity index is 307. The highest BCUT2D eigenvalue weighted by Crippen LogP contribution is 2.34. The minimum Gasteiger partial charge on any atom is -0.490 e. The van der Waals surface area contributed by atoms with Crippen LogP contribution in [0.2, 0.25) is 0 Å². The topological polar surface area (TPSA) is 78.4 Å². The maximum Gasteiger partial charge on any atom is 0.325 e. The molecule has 0 fully saturated rings. The number of nitrogens with zero attached hydrogens (tertiary/aromatic N) is 1. The predicted octanol–water partition coefficient (Wildman–Crippen LogP) is 1.57. The van der Waals surface area contributed by atoms with Crippen molar-refractivity contribution in [1.82, 2.24) is 0 Å². The van der Waals surface area contributed by atoms with Crippen molar-refractivity contribution in [2.24, 2.45) is 5.14 Å². The van der Waals surface area contributed by atoms with E-state index in [0.29, 0.717) is 4.90 Å². The summed E-state index contributed by atoms with van der Waals surface area (Å²) in [5.41, 5.74) is -0.0856. The monoisotopic (exact) mass is 200 g/mol. The van der Waals surface area contributed by atoms with Crippen molar-refractivity contribution in [3.8, 4) is 5.75 Å². The molecule has 0 saturated carbocycles. The molecule has 0 atom stereocenters. The summed E-state index contributed by atoms with van der Waals surface area (Å²) < 4.78 is 4.84. The van der Waals surface area contributed by atoms with Crippen LogP contribution >= 0.6 is 11.9 Å². The average Bonchev–Trinajstić information content (AvgIpc) is 2.16. The molecule has 0 aliphatic carbocycles. The smallest absolute Gasteiger partial charge is 0.325 e. The molecule has 0 aliphatic heterocycles. The van der Waals surface area contributed by atoms with Crippen LogP contribution in [0.4, 0.5) is 5.69 Å². The van der Waals surface area contributed by atoms with Crippen molar-refractivity contribution in [3.05, 3.63) is 28.3 Å². The quantitative estimate of drug-likeness (QED) is 0.455. The minimum atomic E-state index is -0.506. The van der Waals surface area contributed by atoms with Gasteiger partial charge in [-0.15, -0.1) is 0 Å². The number of nitrogens with two attached hydrogens (primary N) is 1. The van der Waals surface area contributed by atoms with E-state index in [2.05, 4.69) is 0 Å². The Morgan fingerprint density at radius 1 is 1.62 bits per heavy atom. The lowest BCUT2D eigenvalue weighted by Crippen LogP contribution is -1.96. The first-order valence-electron chi connectivity index (χ1n) is 3.38. The number of nitro benzene ring substituents is 1. The van der Waals surface area contributed by atoms with Crippen LogP contribution in [-0.4, -0.2) is 12.0 Å². The number of hydrogen-bond donors (Lipinski definition) is 1. The van der Waals surface area contributed by atoms with Crippen molar-refractivity contribution in [2.45, 2.75) is 4.90 Å². The lowest BCUT2D eigenvalue weighted by atomic mass is 10.3. The third-order valence-corrected chi connectivity index (χ3v) is 2.07. The molecular weight excluding hydrogens is 192 g/mol. The van der Waals surface area contributed by atoms with E-state index < -0.39 is 4.92 Å². The van der Waals surface area contributed by atoms with Gasteiger partial charge in [-0.25, -0.2) is 0 Å². The summed E-state index contributed by atoms with van der Waals surface area (Å²) in [5, 5.41) is 15.9. The van der Waals surface area contributed by atoms with Crippen molar-refractivity contribution in [1.29, 1.82) is 0 Å². The summed E-state index contributed by atoms with van der Waals surface area (Å²) in [6.07, 6.45) is 0. The number of nitro groups is 1. The normalized spacial score (nSPS) is 9.69. The van der Waals surface area contributed by atoms with Gasteiger partial charge in [0.25, 0.3) is 0 Å². The molecule has 0 unspecified atom stereocenters. The highest BCUT2D eigenvalue weighted by molar-refractivity contribution is 7.97. The van der Waals surface area contributed by atoms with E-state index in [-0.39, 0.29) is 11.4 Å². The van der Waals surface area contributed by atoms with Gasteiger partial charge in [0.1, 0.15) is 4.90 Å². The summed E-state index contributed by atoms with van der Waals surface area (Å²) in [7, 11) is 1.38. The van der Waals surface area contributed by atoms with Crippen molar-refractivity contribution in [3.63, 3.8) is 0 Å². The van der Waals surface area contributed by atoms with Gasteiger partial charge >= 0.3 is 5.69 Å². The number of ether oxygens (including phenoxy) is 1. The second-order valence-electron chi connectivity index (χ2n) is 2.18. The summed E-state index contributed by atoms with van der Waals surface area (Å²) in [4.78, 5) is 10.5. The Morgan fingerprint density at radius 3 is 2.77 bits per heavy atom. The Kier molecular flexibility index (Phi) is 3.10. The van der Waals surface area contributed by atoms with Gasteiger partial charge in [0, 0.05) is 0 Å². The third-order valence-electron chi connectivity index (χ3n) is 1.49. The summed E-state index contributed by atoms with van der Waals surface area (Å²) in [6, 6.07) is 4.75. The highest BCUT2D eigenvalue weighted by Gasteiger charge is 2.19. The summed E-state index contributed by atoms with van der Waals surface area (Å²) in [6.45, 7) is 0. The molecule has 0 radical (unpaired) electrons. The van der Waals surface area contributed by atoms with Crippen molar-refractivity contribution < 1.29 is 9.66 Å². The molecule has 6 heteroatoms. The lowest BCUT2D eigenvalue weighted by Gasteiger charge is -2.03. The van der Waals surface area contributed by atoms with E-state index >= 15 is 0 Å². The summed E-state index contributed by atoms with van der Waals surface area (Å²) in [5.74, 6) is 0.223. The predicted molar refractivity (Wildman–Crippen MR) is 49.7 cm³/mol. The van der Waals surface area contributed by atoms with Gasteiger partial charge in [0.05, 0.1) is 12.0 Å². The summed E-state index contributed by atoms with van der Waals surface area (Å²) >= 11 is 0.832. The second kappa shape index (κ2) is 4.11. The van der Waals surface area contributed by atoms with E-state index in [1.165, 1.54) is 13.2 Å². The van der Waals surface area contributed by atoms with Crippen LogP contribution in [0.5, 0.6) is 5.75 Å². The number of rotatable bonds is 3. The van der Waals surface area contributed by atoms with Gasteiger partial charge in [-0.1, -0.05) is 6.07 Å². The van der Waals surface area contributed by atoms with Gasteiger partial charge in [0.15, 0.2) is 5.75 Å².